The zero-order chi connectivity index (χ0) is 13.6. The van der Waals surface area contributed by atoms with E-state index < -0.39 is 11.7 Å². The van der Waals surface area contributed by atoms with E-state index in [0.717, 1.165) is 37.2 Å². The molecule has 0 saturated heterocycles. The Morgan fingerprint density at radius 2 is 1.72 bits per heavy atom. The van der Waals surface area contributed by atoms with Crippen molar-refractivity contribution in [1.82, 2.24) is 4.90 Å². The van der Waals surface area contributed by atoms with Crippen molar-refractivity contribution in [3.8, 4) is 0 Å². The zero-order valence-electron chi connectivity index (χ0n) is 10.5. The van der Waals surface area contributed by atoms with Crippen molar-refractivity contribution in [1.29, 1.82) is 0 Å². The van der Waals surface area contributed by atoms with E-state index >= 15 is 0 Å². The summed E-state index contributed by atoms with van der Waals surface area (Å²) in [6.45, 7) is 4.92. The molecule has 0 fully saturated rings. The molecule has 0 bridgehead atoms. The highest BCUT2D eigenvalue weighted by Crippen LogP contribution is 2.29. The van der Waals surface area contributed by atoms with Crippen LogP contribution in [-0.2, 0) is 12.7 Å². The highest BCUT2D eigenvalue weighted by molar-refractivity contribution is 5.24. The Kier molecular flexibility index (Phi) is 5.62. The molecule has 1 rings (SSSR count). The van der Waals surface area contributed by atoms with Crippen molar-refractivity contribution in [3.63, 3.8) is 0 Å². The van der Waals surface area contributed by atoms with E-state index in [1.54, 1.807) is 0 Å². The van der Waals surface area contributed by atoms with E-state index in [4.69, 9.17) is 5.73 Å². The summed E-state index contributed by atoms with van der Waals surface area (Å²) in [5.41, 5.74) is 5.78. The molecule has 2 N–H and O–H groups in total. The molecule has 0 heterocycles. The standard InChI is InChI=1S/C13H19F3N2/c1-2-8-18(9-7-17)10-11-3-5-12(6-4-11)13(14,15)16/h3-6H,2,7-10,17H2,1H3. The minimum absolute atomic E-state index is 0.556. The maximum absolute atomic E-state index is 12.4. The number of benzene rings is 1. The first-order valence-electron chi connectivity index (χ1n) is 6.06. The number of nitrogens with zero attached hydrogens (tertiary/aromatic N) is 1. The van der Waals surface area contributed by atoms with E-state index in [1.807, 2.05) is 0 Å². The normalized spacial score (nSPS) is 12.1. The van der Waals surface area contributed by atoms with Crippen LogP contribution < -0.4 is 5.73 Å². The van der Waals surface area contributed by atoms with E-state index in [2.05, 4.69) is 11.8 Å². The average Bonchev–Trinajstić information content (AvgIpc) is 2.29. The minimum Gasteiger partial charge on any atom is -0.329 e. The summed E-state index contributed by atoms with van der Waals surface area (Å²) in [7, 11) is 0. The first-order valence-corrected chi connectivity index (χ1v) is 6.06. The fourth-order valence-electron chi connectivity index (χ4n) is 1.83. The van der Waals surface area contributed by atoms with E-state index in [-0.39, 0.29) is 0 Å². The molecule has 18 heavy (non-hydrogen) atoms. The van der Waals surface area contributed by atoms with Crippen LogP contribution in [0.3, 0.4) is 0 Å². The van der Waals surface area contributed by atoms with Crippen LogP contribution in [0.2, 0.25) is 0 Å². The van der Waals surface area contributed by atoms with Crippen LogP contribution in [0, 0.1) is 0 Å². The second-order valence-corrected chi connectivity index (χ2v) is 4.26. The van der Waals surface area contributed by atoms with Gasteiger partial charge < -0.3 is 5.73 Å². The first kappa shape index (κ1) is 15.0. The van der Waals surface area contributed by atoms with Gasteiger partial charge in [0.25, 0.3) is 0 Å². The number of hydrogen-bond donors (Lipinski definition) is 1. The van der Waals surface area contributed by atoms with Crippen molar-refractivity contribution in [2.75, 3.05) is 19.6 Å². The van der Waals surface area contributed by atoms with Crippen LogP contribution in [0.5, 0.6) is 0 Å². The Balaban J connectivity index is 2.67. The van der Waals surface area contributed by atoms with Gasteiger partial charge in [0.15, 0.2) is 0 Å². The molecule has 102 valence electrons. The second-order valence-electron chi connectivity index (χ2n) is 4.26. The monoisotopic (exact) mass is 260 g/mol. The van der Waals surface area contributed by atoms with Gasteiger partial charge in [-0.25, -0.2) is 0 Å². The predicted octanol–water partition coefficient (Wildman–Crippen LogP) is 2.88. The van der Waals surface area contributed by atoms with Gasteiger partial charge in [-0.2, -0.15) is 13.2 Å². The number of hydrogen-bond acceptors (Lipinski definition) is 2. The maximum Gasteiger partial charge on any atom is 0.416 e. The van der Waals surface area contributed by atoms with Gasteiger partial charge in [0.1, 0.15) is 0 Å². The van der Waals surface area contributed by atoms with Crippen molar-refractivity contribution in [2.24, 2.45) is 5.73 Å². The summed E-state index contributed by atoms with van der Waals surface area (Å²) < 4.78 is 37.2. The quantitative estimate of drug-likeness (QED) is 0.852. The molecule has 0 aliphatic heterocycles. The van der Waals surface area contributed by atoms with Crippen molar-refractivity contribution in [3.05, 3.63) is 35.4 Å². The van der Waals surface area contributed by atoms with Crippen LogP contribution in [-0.4, -0.2) is 24.5 Å². The SMILES string of the molecule is CCCN(CCN)Cc1ccc(C(F)(F)F)cc1. The Morgan fingerprint density at radius 1 is 1.11 bits per heavy atom. The van der Waals surface area contributed by atoms with E-state index in [0.29, 0.717) is 13.1 Å². The highest BCUT2D eigenvalue weighted by atomic mass is 19.4. The van der Waals surface area contributed by atoms with Crippen LogP contribution in [0.4, 0.5) is 13.2 Å². The maximum atomic E-state index is 12.4. The summed E-state index contributed by atoms with van der Waals surface area (Å²) in [4.78, 5) is 2.14. The molecule has 0 atom stereocenters. The van der Waals surface area contributed by atoms with Crippen molar-refractivity contribution >= 4 is 0 Å². The van der Waals surface area contributed by atoms with Crippen LogP contribution in [0.25, 0.3) is 0 Å². The van der Waals surface area contributed by atoms with Gasteiger partial charge in [-0.3, -0.25) is 4.90 Å². The molecule has 0 unspecified atom stereocenters. The lowest BCUT2D eigenvalue weighted by atomic mass is 10.1. The highest BCUT2D eigenvalue weighted by Gasteiger charge is 2.29. The van der Waals surface area contributed by atoms with Gasteiger partial charge in [-0.1, -0.05) is 19.1 Å². The Bertz CT molecular complexity index is 340. The second kappa shape index (κ2) is 6.75. The molecular weight excluding hydrogens is 241 g/mol. The molecule has 5 heteroatoms. The van der Waals surface area contributed by atoms with E-state index in [1.165, 1.54) is 12.1 Å². The first-order chi connectivity index (χ1) is 8.47. The van der Waals surface area contributed by atoms with Crippen molar-refractivity contribution in [2.45, 2.75) is 26.1 Å². The summed E-state index contributed by atoms with van der Waals surface area (Å²) >= 11 is 0. The fourth-order valence-corrected chi connectivity index (χ4v) is 1.83. The van der Waals surface area contributed by atoms with Gasteiger partial charge >= 0.3 is 6.18 Å². The third-order valence-corrected chi connectivity index (χ3v) is 2.67. The largest absolute Gasteiger partial charge is 0.416 e. The van der Waals surface area contributed by atoms with Crippen LogP contribution >= 0.6 is 0 Å². The summed E-state index contributed by atoms with van der Waals surface area (Å²) in [6.07, 6.45) is -3.26. The lowest BCUT2D eigenvalue weighted by molar-refractivity contribution is -0.137. The van der Waals surface area contributed by atoms with Gasteiger partial charge in [0.05, 0.1) is 5.56 Å². The Hall–Kier alpha value is -1.07. The van der Waals surface area contributed by atoms with Crippen LogP contribution in [0.15, 0.2) is 24.3 Å². The fraction of sp³-hybridized carbons (Fsp3) is 0.538. The molecule has 0 amide bonds. The molecule has 0 radical (unpaired) electrons. The molecule has 1 aromatic carbocycles. The summed E-state index contributed by atoms with van der Waals surface area (Å²) in [5, 5.41) is 0. The predicted molar refractivity (Wildman–Crippen MR) is 66.1 cm³/mol. The number of rotatable bonds is 6. The number of nitrogens with two attached hydrogens (primary N) is 1. The Labute approximate surface area is 106 Å². The summed E-state index contributed by atoms with van der Waals surface area (Å²) in [5.74, 6) is 0. The van der Waals surface area contributed by atoms with Gasteiger partial charge in [-0.05, 0) is 30.7 Å². The molecule has 0 saturated carbocycles. The zero-order valence-corrected chi connectivity index (χ0v) is 10.5. The lowest BCUT2D eigenvalue weighted by Crippen LogP contribution is -2.29. The summed E-state index contributed by atoms with van der Waals surface area (Å²) in [6, 6.07) is 5.31. The molecule has 0 aliphatic rings. The molecule has 2 nitrogen and oxygen atoms in total. The third-order valence-electron chi connectivity index (χ3n) is 2.67. The average molecular weight is 260 g/mol. The number of alkyl halides is 3. The number of halogens is 3. The lowest BCUT2D eigenvalue weighted by Gasteiger charge is -2.21. The van der Waals surface area contributed by atoms with Crippen molar-refractivity contribution < 1.29 is 13.2 Å². The molecular formula is C13H19F3N2. The topological polar surface area (TPSA) is 29.3 Å². The smallest absolute Gasteiger partial charge is 0.329 e. The molecule has 0 aliphatic carbocycles. The molecule has 1 aromatic rings. The van der Waals surface area contributed by atoms with Crippen LogP contribution in [0.1, 0.15) is 24.5 Å². The van der Waals surface area contributed by atoms with Gasteiger partial charge in [0, 0.05) is 19.6 Å². The third kappa shape index (κ3) is 4.66. The minimum atomic E-state index is -4.26. The van der Waals surface area contributed by atoms with Gasteiger partial charge in [-0.15, -0.1) is 0 Å². The Morgan fingerprint density at radius 3 is 2.17 bits per heavy atom. The molecule has 0 spiro atoms. The molecule has 0 aromatic heterocycles. The van der Waals surface area contributed by atoms with Gasteiger partial charge in [0.2, 0.25) is 0 Å². The van der Waals surface area contributed by atoms with E-state index in [9.17, 15) is 13.2 Å².